The molecule has 0 atom stereocenters. The van der Waals surface area contributed by atoms with E-state index in [4.69, 9.17) is 4.42 Å². The number of benzene rings is 2. The number of aryl methyl sites for hydroxylation is 1. The molecule has 0 fully saturated rings. The van der Waals surface area contributed by atoms with Gasteiger partial charge in [-0.2, -0.15) is 0 Å². The predicted octanol–water partition coefficient (Wildman–Crippen LogP) is 6.38. The van der Waals surface area contributed by atoms with Crippen LogP contribution in [0.3, 0.4) is 0 Å². The molecule has 5 heteroatoms. The highest BCUT2D eigenvalue weighted by atomic mass is 16.3. The fourth-order valence-electron chi connectivity index (χ4n) is 4.29. The molecule has 0 aliphatic rings. The van der Waals surface area contributed by atoms with E-state index in [1.165, 1.54) is 24.0 Å². The average Bonchev–Trinajstić information content (AvgIpc) is 3.40. The fourth-order valence-corrected chi connectivity index (χ4v) is 4.29. The Morgan fingerprint density at radius 1 is 0.833 bits per heavy atom. The predicted molar refractivity (Wildman–Crippen MR) is 145 cm³/mol. The van der Waals surface area contributed by atoms with Crippen LogP contribution in [0, 0.1) is 5.92 Å². The van der Waals surface area contributed by atoms with Crippen LogP contribution in [0.2, 0.25) is 0 Å². The molecule has 0 spiro atoms. The van der Waals surface area contributed by atoms with Gasteiger partial charge < -0.3 is 14.2 Å². The van der Waals surface area contributed by atoms with Gasteiger partial charge in [-0.1, -0.05) is 76.1 Å². The van der Waals surface area contributed by atoms with E-state index in [0.717, 1.165) is 25.0 Å². The zero-order valence-electron chi connectivity index (χ0n) is 22.0. The van der Waals surface area contributed by atoms with Crippen molar-refractivity contribution in [2.45, 2.75) is 59.4 Å². The molecule has 192 valence electrons. The fraction of sp³-hybridized carbons (Fsp3) is 0.419. The Labute approximate surface area is 216 Å². The Morgan fingerprint density at radius 2 is 1.56 bits per heavy atom. The Bertz CT molecular complexity index is 1040. The highest BCUT2D eigenvalue weighted by Crippen LogP contribution is 2.14. The summed E-state index contributed by atoms with van der Waals surface area (Å²) in [5.74, 6) is 0.806. The molecule has 0 N–H and O–H groups in total. The summed E-state index contributed by atoms with van der Waals surface area (Å²) in [5.41, 5.74) is 3.05. The molecular formula is C31H40N2O3. The van der Waals surface area contributed by atoms with Crippen LogP contribution in [-0.2, 0) is 24.2 Å². The average molecular weight is 489 g/mol. The van der Waals surface area contributed by atoms with E-state index in [1.807, 2.05) is 54.6 Å². The number of nitrogens with zero attached hydrogens (tertiary/aromatic N) is 2. The van der Waals surface area contributed by atoms with Crippen molar-refractivity contribution >= 4 is 11.8 Å². The molecule has 0 aliphatic carbocycles. The monoisotopic (exact) mass is 488 g/mol. The SMILES string of the molecule is CCCCCc1ccc(C(=O)N(CC(=O)N(CCc2ccccc2)Cc2ccco2)CC(C)C)cc1. The number of hydrogen-bond acceptors (Lipinski definition) is 3. The number of furan rings is 1. The third-order valence-electron chi connectivity index (χ3n) is 6.26. The molecule has 3 aromatic rings. The second kappa shape index (κ2) is 14.3. The van der Waals surface area contributed by atoms with Gasteiger partial charge in [0.2, 0.25) is 5.91 Å². The van der Waals surface area contributed by atoms with Gasteiger partial charge in [-0.15, -0.1) is 0 Å². The van der Waals surface area contributed by atoms with Crippen molar-refractivity contribution in [1.82, 2.24) is 9.80 Å². The molecule has 2 aromatic carbocycles. The number of carbonyl (C=O) groups is 2. The van der Waals surface area contributed by atoms with Crippen LogP contribution in [0.15, 0.2) is 77.4 Å². The summed E-state index contributed by atoms with van der Waals surface area (Å²) in [6.45, 7) is 7.84. The molecule has 1 aromatic heterocycles. The molecule has 0 unspecified atom stereocenters. The van der Waals surface area contributed by atoms with Gasteiger partial charge in [-0.3, -0.25) is 9.59 Å². The number of hydrogen-bond donors (Lipinski definition) is 0. The van der Waals surface area contributed by atoms with Crippen LogP contribution in [-0.4, -0.2) is 41.2 Å². The second-order valence-electron chi connectivity index (χ2n) is 9.86. The standard InChI is InChI=1S/C31H40N2O3/c1-4-5-7-11-27-15-17-28(18-16-27)31(35)33(22-25(2)3)24-30(34)32(23-29-14-10-21-36-29)20-19-26-12-8-6-9-13-26/h6,8-10,12-18,21,25H,4-5,7,11,19-20,22-24H2,1-3H3. The van der Waals surface area contributed by atoms with Gasteiger partial charge in [0.15, 0.2) is 0 Å². The molecule has 0 aliphatic heterocycles. The van der Waals surface area contributed by atoms with E-state index >= 15 is 0 Å². The van der Waals surface area contributed by atoms with Crippen LogP contribution >= 0.6 is 0 Å². The molecule has 0 saturated carbocycles. The van der Waals surface area contributed by atoms with Crippen LogP contribution in [0.1, 0.15) is 67.3 Å². The van der Waals surface area contributed by atoms with E-state index in [-0.39, 0.29) is 24.3 Å². The van der Waals surface area contributed by atoms with E-state index in [0.29, 0.717) is 25.2 Å². The molecule has 3 rings (SSSR count). The third kappa shape index (κ3) is 8.71. The summed E-state index contributed by atoms with van der Waals surface area (Å²) in [6, 6.07) is 21.7. The molecular weight excluding hydrogens is 448 g/mol. The Balaban J connectivity index is 1.71. The minimum atomic E-state index is -0.0989. The summed E-state index contributed by atoms with van der Waals surface area (Å²) >= 11 is 0. The molecule has 0 saturated heterocycles. The molecule has 5 nitrogen and oxygen atoms in total. The van der Waals surface area contributed by atoms with Gasteiger partial charge in [0, 0.05) is 18.7 Å². The lowest BCUT2D eigenvalue weighted by molar-refractivity contribution is -0.132. The minimum Gasteiger partial charge on any atom is -0.467 e. The number of unbranched alkanes of at least 4 members (excludes halogenated alkanes) is 2. The van der Waals surface area contributed by atoms with E-state index in [2.05, 4.69) is 32.9 Å². The van der Waals surface area contributed by atoms with Crippen molar-refractivity contribution < 1.29 is 14.0 Å². The van der Waals surface area contributed by atoms with Gasteiger partial charge in [-0.25, -0.2) is 0 Å². The van der Waals surface area contributed by atoms with Gasteiger partial charge in [0.25, 0.3) is 5.91 Å². The highest BCUT2D eigenvalue weighted by Gasteiger charge is 2.24. The maximum atomic E-state index is 13.5. The van der Waals surface area contributed by atoms with Crippen LogP contribution < -0.4 is 0 Å². The third-order valence-corrected chi connectivity index (χ3v) is 6.26. The van der Waals surface area contributed by atoms with Crippen molar-refractivity contribution in [3.8, 4) is 0 Å². The van der Waals surface area contributed by atoms with Gasteiger partial charge in [-0.05, 0) is 60.6 Å². The first kappa shape index (κ1) is 27.3. The summed E-state index contributed by atoms with van der Waals surface area (Å²) < 4.78 is 5.52. The molecule has 0 radical (unpaired) electrons. The first-order valence-electron chi connectivity index (χ1n) is 13.2. The first-order valence-corrected chi connectivity index (χ1v) is 13.2. The summed E-state index contributed by atoms with van der Waals surface area (Å²) in [4.78, 5) is 30.4. The smallest absolute Gasteiger partial charge is 0.254 e. The van der Waals surface area contributed by atoms with Crippen LogP contribution in [0.5, 0.6) is 0 Å². The summed E-state index contributed by atoms with van der Waals surface area (Å²) in [7, 11) is 0. The minimum absolute atomic E-state index is 0.0464. The van der Waals surface area contributed by atoms with E-state index in [1.54, 1.807) is 16.1 Å². The molecule has 1 heterocycles. The Kier molecular flexibility index (Phi) is 10.8. The lowest BCUT2D eigenvalue weighted by atomic mass is 10.0. The Hall–Kier alpha value is -3.34. The van der Waals surface area contributed by atoms with Crippen molar-refractivity contribution in [3.05, 3.63) is 95.4 Å². The quantitative estimate of drug-likeness (QED) is 0.247. The van der Waals surface area contributed by atoms with Crippen molar-refractivity contribution in [2.24, 2.45) is 5.92 Å². The lowest BCUT2D eigenvalue weighted by Gasteiger charge is -2.28. The van der Waals surface area contributed by atoms with E-state index < -0.39 is 0 Å². The highest BCUT2D eigenvalue weighted by molar-refractivity contribution is 5.96. The molecule has 2 amide bonds. The number of rotatable bonds is 14. The van der Waals surface area contributed by atoms with Crippen molar-refractivity contribution in [3.63, 3.8) is 0 Å². The Morgan fingerprint density at radius 3 is 2.19 bits per heavy atom. The second-order valence-corrected chi connectivity index (χ2v) is 9.86. The van der Waals surface area contributed by atoms with Crippen molar-refractivity contribution in [1.29, 1.82) is 0 Å². The summed E-state index contributed by atoms with van der Waals surface area (Å²) in [5, 5.41) is 0. The van der Waals surface area contributed by atoms with Gasteiger partial charge >= 0.3 is 0 Å². The maximum absolute atomic E-state index is 13.5. The van der Waals surface area contributed by atoms with Crippen molar-refractivity contribution in [2.75, 3.05) is 19.6 Å². The maximum Gasteiger partial charge on any atom is 0.254 e. The number of amides is 2. The van der Waals surface area contributed by atoms with Gasteiger partial charge in [0.05, 0.1) is 12.8 Å². The van der Waals surface area contributed by atoms with Crippen LogP contribution in [0.4, 0.5) is 0 Å². The molecule has 0 bridgehead atoms. The zero-order chi connectivity index (χ0) is 25.8. The lowest BCUT2D eigenvalue weighted by Crippen LogP contribution is -2.44. The first-order chi connectivity index (χ1) is 17.5. The normalized spacial score (nSPS) is 11.0. The largest absolute Gasteiger partial charge is 0.467 e. The van der Waals surface area contributed by atoms with E-state index in [9.17, 15) is 9.59 Å². The molecule has 36 heavy (non-hydrogen) atoms. The number of carbonyl (C=O) groups excluding carboxylic acids is 2. The van der Waals surface area contributed by atoms with Gasteiger partial charge in [0.1, 0.15) is 12.3 Å². The summed E-state index contributed by atoms with van der Waals surface area (Å²) in [6.07, 6.45) is 6.95. The van der Waals surface area contributed by atoms with Crippen LogP contribution in [0.25, 0.3) is 0 Å². The topological polar surface area (TPSA) is 53.8 Å². The zero-order valence-corrected chi connectivity index (χ0v) is 22.0.